The summed E-state index contributed by atoms with van der Waals surface area (Å²) in [5, 5.41) is 2.78. The Morgan fingerprint density at radius 1 is 1.50 bits per heavy atom. The standard InChI is InChI=1S/C12H17NO2S/c1-9(2)15-7-6-13-12(14)10-4-3-5-11(16)8-10/h3-5,8-9,16H,6-7H2,1-2H3,(H,13,14). The van der Waals surface area contributed by atoms with Crippen LogP contribution >= 0.6 is 12.6 Å². The average molecular weight is 239 g/mol. The predicted molar refractivity (Wildman–Crippen MR) is 67.1 cm³/mol. The Morgan fingerprint density at radius 2 is 2.25 bits per heavy atom. The Bertz CT molecular complexity index is 353. The predicted octanol–water partition coefficient (Wildman–Crippen LogP) is 2.13. The normalized spacial score (nSPS) is 10.5. The molecule has 4 heteroatoms. The molecule has 0 atom stereocenters. The number of amides is 1. The molecule has 0 saturated heterocycles. The van der Waals surface area contributed by atoms with E-state index in [2.05, 4.69) is 17.9 Å². The first-order valence-electron chi connectivity index (χ1n) is 5.28. The molecule has 3 nitrogen and oxygen atoms in total. The third kappa shape index (κ3) is 4.68. The Labute approximate surface area is 102 Å². The molecular formula is C12H17NO2S. The van der Waals surface area contributed by atoms with Crippen LogP contribution in [0.1, 0.15) is 24.2 Å². The minimum Gasteiger partial charge on any atom is -0.377 e. The summed E-state index contributed by atoms with van der Waals surface area (Å²) < 4.78 is 5.32. The summed E-state index contributed by atoms with van der Waals surface area (Å²) in [7, 11) is 0. The van der Waals surface area contributed by atoms with Gasteiger partial charge in [-0.1, -0.05) is 6.07 Å². The molecule has 0 spiro atoms. The molecule has 0 heterocycles. The molecule has 0 fully saturated rings. The zero-order valence-corrected chi connectivity index (χ0v) is 10.5. The fraction of sp³-hybridized carbons (Fsp3) is 0.417. The first-order chi connectivity index (χ1) is 7.59. The minimum atomic E-state index is -0.0942. The Morgan fingerprint density at radius 3 is 2.88 bits per heavy atom. The molecule has 1 aromatic rings. The molecule has 0 aliphatic heterocycles. The molecule has 1 rings (SSSR count). The van der Waals surface area contributed by atoms with Gasteiger partial charge in [-0.3, -0.25) is 4.79 Å². The number of carbonyl (C=O) groups is 1. The van der Waals surface area contributed by atoms with E-state index >= 15 is 0 Å². The molecule has 0 aromatic heterocycles. The van der Waals surface area contributed by atoms with Crippen molar-refractivity contribution in [2.45, 2.75) is 24.8 Å². The zero-order chi connectivity index (χ0) is 12.0. The Balaban J connectivity index is 2.35. The van der Waals surface area contributed by atoms with E-state index in [1.165, 1.54) is 0 Å². The van der Waals surface area contributed by atoms with Gasteiger partial charge in [-0.2, -0.15) is 0 Å². The lowest BCUT2D eigenvalue weighted by Gasteiger charge is -2.08. The molecule has 16 heavy (non-hydrogen) atoms. The highest BCUT2D eigenvalue weighted by molar-refractivity contribution is 7.80. The third-order valence-electron chi connectivity index (χ3n) is 1.95. The highest BCUT2D eigenvalue weighted by Gasteiger charge is 2.04. The van der Waals surface area contributed by atoms with Crippen LogP contribution in [0.2, 0.25) is 0 Å². The molecule has 1 amide bonds. The maximum absolute atomic E-state index is 11.6. The second-order valence-electron chi connectivity index (χ2n) is 3.73. The summed E-state index contributed by atoms with van der Waals surface area (Å²) in [6.45, 7) is 4.98. The van der Waals surface area contributed by atoms with Gasteiger partial charge in [0, 0.05) is 17.0 Å². The van der Waals surface area contributed by atoms with E-state index in [4.69, 9.17) is 4.74 Å². The smallest absolute Gasteiger partial charge is 0.251 e. The van der Waals surface area contributed by atoms with Crippen molar-refractivity contribution in [3.8, 4) is 0 Å². The van der Waals surface area contributed by atoms with Gasteiger partial charge in [-0.05, 0) is 32.0 Å². The number of nitrogens with one attached hydrogen (secondary N) is 1. The lowest BCUT2D eigenvalue weighted by Crippen LogP contribution is -2.28. The van der Waals surface area contributed by atoms with Crippen LogP contribution in [0.25, 0.3) is 0 Å². The highest BCUT2D eigenvalue weighted by Crippen LogP contribution is 2.08. The van der Waals surface area contributed by atoms with E-state index in [0.29, 0.717) is 18.7 Å². The summed E-state index contributed by atoms with van der Waals surface area (Å²) in [6.07, 6.45) is 0.192. The summed E-state index contributed by atoms with van der Waals surface area (Å²) in [6, 6.07) is 7.14. The van der Waals surface area contributed by atoms with Crippen molar-refractivity contribution in [1.82, 2.24) is 5.32 Å². The van der Waals surface area contributed by atoms with Gasteiger partial charge in [-0.25, -0.2) is 0 Å². The number of hydrogen-bond acceptors (Lipinski definition) is 3. The van der Waals surface area contributed by atoms with Crippen LogP contribution in [-0.4, -0.2) is 25.2 Å². The van der Waals surface area contributed by atoms with Crippen molar-refractivity contribution in [2.24, 2.45) is 0 Å². The lowest BCUT2D eigenvalue weighted by atomic mass is 10.2. The van der Waals surface area contributed by atoms with E-state index in [0.717, 1.165) is 4.90 Å². The number of benzene rings is 1. The van der Waals surface area contributed by atoms with Gasteiger partial charge in [0.05, 0.1) is 12.7 Å². The van der Waals surface area contributed by atoms with Gasteiger partial charge in [0.2, 0.25) is 0 Å². The molecule has 0 aliphatic carbocycles. The van der Waals surface area contributed by atoms with Crippen LogP contribution in [0.15, 0.2) is 29.2 Å². The van der Waals surface area contributed by atoms with Crippen molar-refractivity contribution in [1.29, 1.82) is 0 Å². The van der Waals surface area contributed by atoms with Crippen LogP contribution in [0.3, 0.4) is 0 Å². The van der Waals surface area contributed by atoms with Crippen molar-refractivity contribution >= 4 is 18.5 Å². The Kier molecular flexibility index (Phi) is 5.35. The highest BCUT2D eigenvalue weighted by atomic mass is 32.1. The topological polar surface area (TPSA) is 38.3 Å². The molecule has 0 saturated carbocycles. The first kappa shape index (κ1) is 13.1. The maximum Gasteiger partial charge on any atom is 0.251 e. The van der Waals surface area contributed by atoms with Crippen LogP contribution in [0.4, 0.5) is 0 Å². The number of ether oxygens (including phenoxy) is 1. The van der Waals surface area contributed by atoms with Gasteiger partial charge in [-0.15, -0.1) is 12.6 Å². The van der Waals surface area contributed by atoms with Gasteiger partial charge < -0.3 is 10.1 Å². The maximum atomic E-state index is 11.6. The molecule has 0 aliphatic rings. The van der Waals surface area contributed by atoms with Crippen LogP contribution in [-0.2, 0) is 4.74 Å². The van der Waals surface area contributed by atoms with Crippen LogP contribution in [0, 0.1) is 0 Å². The van der Waals surface area contributed by atoms with Gasteiger partial charge in [0.1, 0.15) is 0 Å². The van der Waals surface area contributed by atoms with Crippen molar-refractivity contribution in [3.05, 3.63) is 29.8 Å². The second kappa shape index (κ2) is 6.55. The molecule has 0 radical (unpaired) electrons. The third-order valence-corrected chi connectivity index (χ3v) is 2.23. The number of hydrogen-bond donors (Lipinski definition) is 2. The fourth-order valence-electron chi connectivity index (χ4n) is 1.21. The van der Waals surface area contributed by atoms with Crippen molar-refractivity contribution < 1.29 is 9.53 Å². The molecule has 0 bridgehead atoms. The van der Waals surface area contributed by atoms with Crippen LogP contribution in [0.5, 0.6) is 0 Å². The van der Waals surface area contributed by atoms with Crippen molar-refractivity contribution in [2.75, 3.05) is 13.2 Å². The average Bonchev–Trinajstić information content (AvgIpc) is 2.24. The Hall–Kier alpha value is -1.00. The number of rotatable bonds is 5. The molecule has 88 valence electrons. The summed E-state index contributed by atoms with van der Waals surface area (Å²) in [5.74, 6) is -0.0942. The molecule has 1 aromatic carbocycles. The number of carbonyl (C=O) groups excluding carboxylic acids is 1. The first-order valence-corrected chi connectivity index (χ1v) is 5.73. The second-order valence-corrected chi connectivity index (χ2v) is 4.24. The summed E-state index contributed by atoms with van der Waals surface area (Å²) >= 11 is 4.18. The van der Waals surface area contributed by atoms with Crippen LogP contribution < -0.4 is 5.32 Å². The van der Waals surface area contributed by atoms with Crippen molar-refractivity contribution in [3.63, 3.8) is 0 Å². The molecular weight excluding hydrogens is 222 g/mol. The van der Waals surface area contributed by atoms with E-state index in [1.807, 2.05) is 26.0 Å². The number of thiol groups is 1. The van der Waals surface area contributed by atoms with Gasteiger partial charge in [0.25, 0.3) is 5.91 Å². The molecule has 0 unspecified atom stereocenters. The monoisotopic (exact) mass is 239 g/mol. The van der Waals surface area contributed by atoms with E-state index in [-0.39, 0.29) is 12.0 Å². The zero-order valence-electron chi connectivity index (χ0n) is 9.56. The minimum absolute atomic E-state index is 0.0942. The summed E-state index contributed by atoms with van der Waals surface area (Å²) in [5.41, 5.74) is 0.622. The summed E-state index contributed by atoms with van der Waals surface area (Å²) in [4.78, 5) is 12.4. The van der Waals surface area contributed by atoms with Gasteiger partial charge >= 0.3 is 0 Å². The van der Waals surface area contributed by atoms with Gasteiger partial charge in [0.15, 0.2) is 0 Å². The quantitative estimate of drug-likeness (QED) is 0.610. The fourth-order valence-corrected chi connectivity index (χ4v) is 1.43. The van der Waals surface area contributed by atoms with E-state index in [9.17, 15) is 4.79 Å². The SMILES string of the molecule is CC(C)OCCNC(=O)c1cccc(S)c1. The largest absolute Gasteiger partial charge is 0.377 e. The van der Waals surface area contributed by atoms with E-state index in [1.54, 1.807) is 12.1 Å². The molecule has 1 N–H and O–H groups in total. The van der Waals surface area contributed by atoms with E-state index < -0.39 is 0 Å². The lowest BCUT2D eigenvalue weighted by molar-refractivity contribution is 0.0746.